The van der Waals surface area contributed by atoms with E-state index in [1.54, 1.807) is 0 Å². The number of anilines is 1. The van der Waals surface area contributed by atoms with E-state index in [2.05, 4.69) is 11.2 Å². The number of carbonyl (C=O) groups excluding carboxylic acids is 1. The van der Waals surface area contributed by atoms with Gasteiger partial charge in [-0.25, -0.2) is 4.68 Å². The number of benzene rings is 2. The molecule has 0 fully saturated rings. The van der Waals surface area contributed by atoms with Gasteiger partial charge in [-0.1, -0.05) is 36.4 Å². The molecule has 1 aromatic heterocycles. The van der Waals surface area contributed by atoms with Crippen LogP contribution >= 0.6 is 0 Å². The highest BCUT2D eigenvalue weighted by Crippen LogP contribution is 2.28. The van der Waals surface area contributed by atoms with Crippen molar-refractivity contribution in [3.8, 4) is 5.69 Å². The molecule has 0 bridgehead atoms. The molecule has 0 N–H and O–H groups in total. The maximum absolute atomic E-state index is 12.6. The highest BCUT2D eigenvalue weighted by Gasteiger charge is 2.23. The first-order valence-corrected chi connectivity index (χ1v) is 8.28. The Hall–Kier alpha value is -2.88. The van der Waals surface area contributed by atoms with E-state index in [0.29, 0.717) is 12.8 Å². The minimum atomic E-state index is 0.187. The summed E-state index contributed by atoms with van der Waals surface area (Å²) in [5.41, 5.74) is 4.45. The van der Waals surface area contributed by atoms with Crippen LogP contribution in [0.5, 0.6) is 0 Å². The standard InChI is InChI=1S/C20H19N3O/c24-20(22-13-12-17-6-4-5-9-19(17)22)11-10-16-14-21-23(15-16)18-7-2-1-3-8-18/h1-9,14-15H,10-13H2. The van der Waals surface area contributed by atoms with Gasteiger partial charge in [-0.3, -0.25) is 4.79 Å². The normalized spacial score (nSPS) is 13.1. The number of carbonyl (C=O) groups is 1. The summed E-state index contributed by atoms with van der Waals surface area (Å²) < 4.78 is 1.85. The predicted octanol–water partition coefficient (Wildman–Crippen LogP) is 3.39. The fourth-order valence-corrected chi connectivity index (χ4v) is 3.19. The topological polar surface area (TPSA) is 38.1 Å². The fourth-order valence-electron chi connectivity index (χ4n) is 3.19. The van der Waals surface area contributed by atoms with Crippen LogP contribution < -0.4 is 4.90 Å². The third kappa shape index (κ3) is 2.83. The first-order chi connectivity index (χ1) is 11.8. The van der Waals surface area contributed by atoms with Gasteiger partial charge in [0.15, 0.2) is 0 Å². The van der Waals surface area contributed by atoms with Gasteiger partial charge in [0, 0.05) is 24.8 Å². The molecule has 4 rings (SSSR count). The highest BCUT2D eigenvalue weighted by molar-refractivity contribution is 5.95. The number of aromatic nitrogens is 2. The predicted molar refractivity (Wildman–Crippen MR) is 94.4 cm³/mol. The van der Waals surface area contributed by atoms with Crippen molar-refractivity contribution in [1.29, 1.82) is 0 Å². The van der Waals surface area contributed by atoms with E-state index in [4.69, 9.17) is 0 Å². The molecule has 120 valence electrons. The zero-order valence-corrected chi connectivity index (χ0v) is 13.4. The molecule has 4 nitrogen and oxygen atoms in total. The molecule has 0 atom stereocenters. The Kier molecular flexibility index (Phi) is 3.87. The number of hydrogen-bond acceptors (Lipinski definition) is 2. The molecular weight excluding hydrogens is 298 g/mol. The van der Waals surface area contributed by atoms with Crippen LogP contribution in [0, 0.1) is 0 Å². The van der Waals surface area contributed by atoms with Crippen LogP contribution in [0.3, 0.4) is 0 Å². The number of rotatable bonds is 4. The lowest BCUT2D eigenvalue weighted by molar-refractivity contribution is -0.118. The number of nitrogens with zero attached hydrogens (tertiary/aromatic N) is 3. The van der Waals surface area contributed by atoms with Gasteiger partial charge >= 0.3 is 0 Å². The zero-order valence-electron chi connectivity index (χ0n) is 13.4. The van der Waals surface area contributed by atoms with E-state index < -0.39 is 0 Å². The third-order valence-electron chi connectivity index (χ3n) is 4.47. The van der Waals surface area contributed by atoms with Gasteiger partial charge in [-0.15, -0.1) is 0 Å². The Morgan fingerprint density at radius 2 is 1.83 bits per heavy atom. The lowest BCUT2D eigenvalue weighted by atomic mass is 10.1. The minimum Gasteiger partial charge on any atom is -0.312 e. The molecule has 3 aromatic rings. The van der Waals surface area contributed by atoms with E-state index in [0.717, 1.165) is 29.9 Å². The van der Waals surface area contributed by atoms with Gasteiger partial charge in [-0.2, -0.15) is 5.10 Å². The van der Waals surface area contributed by atoms with Gasteiger partial charge in [0.1, 0.15) is 0 Å². The van der Waals surface area contributed by atoms with Gasteiger partial charge in [-0.05, 0) is 42.2 Å². The quantitative estimate of drug-likeness (QED) is 0.740. The van der Waals surface area contributed by atoms with Crippen molar-refractivity contribution < 1.29 is 4.79 Å². The van der Waals surface area contributed by atoms with E-state index in [-0.39, 0.29) is 5.91 Å². The molecule has 24 heavy (non-hydrogen) atoms. The number of aryl methyl sites for hydroxylation is 1. The van der Waals surface area contributed by atoms with E-state index >= 15 is 0 Å². The minimum absolute atomic E-state index is 0.187. The van der Waals surface area contributed by atoms with E-state index in [1.807, 2.05) is 70.5 Å². The van der Waals surface area contributed by atoms with Crippen molar-refractivity contribution >= 4 is 11.6 Å². The van der Waals surface area contributed by atoms with Crippen LogP contribution in [-0.4, -0.2) is 22.2 Å². The first kappa shape index (κ1) is 14.7. The van der Waals surface area contributed by atoms with Crippen LogP contribution in [0.4, 0.5) is 5.69 Å². The maximum Gasteiger partial charge on any atom is 0.227 e. The molecule has 2 heterocycles. The van der Waals surface area contributed by atoms with Gasteiger partial charge in [0.2, 0.25) is 5.91 Å². The monoisotopic (exact) mass is 317 g/mol. The van der Waals surface area contributed by atoms with Crippen molar-refractivity contribution in [2.24, 2.45) is 0 Å². The Balaban J connectivity index is 1.41. The van der Waals surface area contributed by atoms with Crippen LogP contribution in [0.1, 0.15) is 17.5 Å². The zero-order chi connectivity index (χ0) is 16.4. The van der Waals surface area contributed by atoms with Gasteiger partial charge < -0.3 is 4.90 Å². The second kappa shape index (κ2) is 6.32. The van der Waals surface area contributed by atoms with Gasteiger partial charge in [0.25, 0.3) is 0 Å². The van der Waals surface area contributed by atoms with Crippen molar-refractivity contribution in [1.82, 2.24) is 9.78 Å². The average molecular weight is 317 g/mol. The Morgan fingerprint density at radius 1 is 1.04 bits per heavy atom. The molecule has 0 spiro atoms. The van der Waals surface area contributed by atoms with Crippen LogP contribution in [-0.2, 0) is 17.6 Å². The second-order valence-corrected chi connectivity index (χ2v) is 6.05. The number of hydrogen-bond donors (Lipinski definition) is 0. The van der Waals surface area contributed by atoms with Gasteiger partial charge in [0.05, 0.1) is 11.9 Å². The summed E-state index contributed by atoms with van der Waals surface area (Å²) in [5, 5.41) is 4.39. The molecule has 0 unspecified atom stereocenters. The molecule has 1 aliphatic rings. The number of amides is 1. The summed E-state index contributed by atoms with van der Waals surface area (Å²) >= 11 is 0. The Bertz CT molecular complexity index is 854. The molecule has 0 aliphatic carbocycles. The summed E-state index contributed by atoms with van der Waals surface area (Å²) in [6, 6.07) is 18.2. The highest BCUT2D eigenvalue weighted by atomic mass is 16.2. The molecular formula is C20H19N3O. The number of para-hydroxylation sites is 2. The molecule has 0 radical (unpaired) electrons. The first-order valence-electron chi connectivity index (χ1n) is 8.28. The van der Waals surface area contributed by atoms with Crippen molar-refractivity contribution in [3.63, 3.8) is 0 Å². The van der Waals surface area contributed by atoms with Crippen molar-refractivity contribution in [2.75, 3.05) is 11.4 Å². The van der Waals surface area contributed by atoms with Crippen molar-refractivity contribution in [3.05, 3.63) is 78.1 Å². The largest absolute Gasteiger partial charge is 0.312 e. The molecule has 4 heteroatoms. The van der Waals surface area contributed by atoms with E-state index in [9.17, 15) is 4.79 Å². The van der Waals surface area contributed by atoms with Crippen LogP contribution in [0.25, 0.3) is 5.69 Å². The molecule has 1 aliphatic heterocycles. The molecule has 0 saturated carbocycles. The molecule has 0 saturated heterocycles. The average Bonchev–Trinajstić information content (AvgIpc) is 3.27. The lowest BCUT2D eigenvalue weighted by Gasteiger charge is -2.16. The smallest absolute Gasteiger partial charge is 0.227 e. The van der Waals surface area contributed by atoms with Crippen LogP contribution in [0.2, 0.25) is 0 Å². The van der Waals surface area contributed by atoms with E-state index in [1.165, 1.54) is 5.56 Å². The summed E-state index contributed by atoms with van der Waals surface area (Å²) in [4.78, 5) is 14.5. The SMILES string of the molecule is O=C(CCc1cnn(-c2ccccc2)c1)N1CCc2ccccc21. The lowest BCUT2D eigenvalue weighted by Crippen LogP contribution is -2.28. The number of fused-ring (bicyclic) bond motifs is 1. The van der Waals surface area contributed by atoms with Crippen LogP contribution in [0.15, 0.2) is 67.0 Å². The summed E-state index contributed by atoms with van der Waals surface area (Å²) in [6.07, 6.45) is 6.02. The van der Waals surface area contributed by atoms with Crippen molar-refractivity contribution in [2.45, 2.75) is 19.3 Å². The Labute approximate surface area is 141 Å². The summed E-state index contributed by atoms with van der Waals surface area (Å²) in [6.45, 7) is 0.793. The fraction of sp³-hybridized carbons (Fsp3) is 0.200. The molecule has 1 amide bonds. The molecule has 2 aromatic carbocycles. The summed E-state index contributed by atoms with van der Waals surface area (Å²) in [5.74, 6) is 0.187. The maximum atomic E-state index is 12.6. The summed E-state index contributed by atoms with van der Waals surface area (Å²) in [7, 11) is 0. The second-order valence-electron chi connectivity index (χ2n) is 6.05. The Morgan fingerprint density at radius 3 is 2.71 bits per heavy atom. The third-order valence-corrected chi connectivity index (χ3v) is 4.47.